The van der Waals surface area contributed by atoms with E-state index in [1.807, 2.05) is 31.2 Å². The second-order valence-electron chi connectivity index (χ2n) is 7.91. The third-order valence-corrected chi connectivity index (χ3v) is 5.95. The van der Waals surface area contributed by atoms with Crippen molar-refractivity contribution >= 4 is 26.9 Å². The minimum absolute atomic E-state index is 0.124. The molecule has 0 fully saturated rings. The van der Waals surface area contributed by atoms with E-state index in [4.69, 9.17) is 28.1 Å². The van der Waals surface area contributed by atoms with Gasteiger partial charge in [-0.25, -0.2) is 0 Å². The summed E-state index contributed by atoms with van der Waals surface area (Å²) in [5.41, 5.74) is 2.00. The molecule has 4 aromatic rings. The molecule has 3 aromatic carbocycles. The van der Waals surface area contributed by atoms with E-state index in [1.54, 1.807) is 37.3 Å². The maximum atomic E-state index is 13.2. The highest BCUT2D eigenvalue weighted by Crippen LogP contribution is 2.34. The maximum absolute atomic E-state index is 13.2. The lowest BCUT2D eigenvalue weighted by atomic mass is 10.1. The molecule has 0 unspecified atom stereocenters. The molecule has 0 radical (unpaired) electrons. The second kappa shape index (κ2) is 10.0. The van der Waals surface area contributed by atoms with E-state index >= 15 is 0 Å². The van der Waals surface area contributed by atoms with E-state index in [0.717, 1.165) is 21.3 Å². The number of halogens is 1. The Morgan fingerprint density at radius 3 is 2.69 bits per heavy atom. The van der Waals surface area contributed by atoms with Crippen molar-refractivity contribution in [2.75, 3.05) is 13.4 Å². The topological polar surface area (TPSA) is 76.4 Å². The molecule has 8 heteroatoms. The summed E-state index contributed by atoms with van der Waals surface area (Å²) in [4.78, 5) is 13.2. The Hall–Kier alpha value is -3.49. The lowest BCUT2D eigenvalue weighted by Crippen LogP contribution is -2.14. The fraction of sp³-hybridized carbons (Fsp3) is 0.222. The monoisotopic (exact) mass is 538 g/mol. The van der Waals surface area contributed by atoms with Crippen LogP contribution >= 0.6 is 15.9 Å². The van der Waals surface area contributed by atoms with Crippen LogP contribution in [0.4, 0.5) is 0 Å². The maximum Gasteiger partial charge on any atom is 0.235 e. The summed E-state index contributed by atoms with van der Waals surface area (Å²) in [6.07, 6.45) is 0. The van der Waals surface area contributed by atoms with Gasteiger partial charge in [0.15, 0.2) is 18.3 Å². The average molecular weight is 539 g/mol. The highest BCUT2D eigenvalue weighted by atomic mass is 79.9. The highest BCUT2D eigenvalue weighted by Gasteiger charge is 2.18. The quantitative estimate of drug-likeness (QED) is 0.265. The number of ether oxygens (including phenoxy) is 5. The number of fused-ring (bicyclic) bond motifs is 2. The van der Waals surface area contributed by atoms with Gasteiger partial charge in [-0.15, -0.1) is 0 Å². The smallest absolute Gasteiger partial charge is 0.235 e. The second-order valence-corrected chi connectivity index (χ2v) is 8.82. The first-order chi connectivity index (χ1) is 17.0. The van der Waals surface area contributed by atoms with Crippen molar-refractivity contribution in [2.24, 2.45) is 0 Å². The van der Waals surface area contributed by atoms with Crippen LogP contribution in [-0.2, 0) is 18.0 Å². The predicted molar refractivity (Wildman–Crippen MR) is 134 cm³/mol. The minimum Gasteiger partial charge on any atom is -0.490 e. The Kier molecular flexibility index (Phi) is 6.66. The van der Waals surface area contributed by atoms with Crippen molar-refractivity contribution in [3.63, 3.8) is 0 Å². The first-order valence-electron chi connectivity index (χ1n) is 11.1. The van der Waals surface area contributed by atoms with Crippen LogP contribution in [0, 0.1) is 6.92 Å². The van der Waals surface area contributed by atoms with E-state index in [1.165, 1.54) is 0 Å². The van der Waals surface area contributed by atoms with Crippen LogP contribution in [0.3, 0.4) is 0 Å². The summed E-state index contributed by atoms with van der Waals surface area (Å²) >= 11 is 3.52. The SMILES string of the molecule is CCOc1ccccc1Oc1c(C)oc2cc(OCc3cc(Br)cc4c3OCOC4)ccc2c1=O. The van der Waals surface area contributed by atoms with Gasteiger partial charge in [-0.2, -0.15) is 0 Å². The molecular weight excluding hydrogens is 516 g/mol. The van der Waals surface area contributed by atoms with E-state index in [0.29, 0.717) is 47.2 Å². The summed E-state index contributed by atoms with van der Waals surface area (Å²) in [6.45, 7) is 5.05. The van der Waals surface area contributed by atoms with Crippen LogP contribution in [0.25, 0.3) is 11.0 Å². The van der Waals surface area contributed by atoms with Gasteiger partial charge in [0.25, 0.3) is 0 Å². The van der Waals surface area contributed by atoms with Crippen molar-refractivity contribution in [3.05, 3.63) is 86.2 Å². The normalized spacial score (nSPS) is 12.7. The van der Waals surface area contributed by atoms with Gasteiger partial charge in [-0.3, -0.25) is 4.79 Å². The standard InChI is InChI=1S/C27H23BrO7/c1-3-31-22-6-4-5-7-23(22)35-26-16(2)34-24-12-20(8-9-21(24)25(26)29)32-14-18-11-19(28)10-17-13-30-15-33-27(17)18/h4-12H,3,13-15H2,1-2H3. The molecule has 5 rings (SSSR count). The molecule has 0 spiro atoms. The Morgan fingerprint density at radius 1 is 1.03 bits per heavy atom. The van der Waals surface area contributed by atoms with Gasteiger partial charge in [0.2, 0.25) is 11.2 Å². The first-order valence-corrected chi connectivity index (χ1v) is 11.9. The number of rotatable bonds is 7. The molecule has 1 aromatic heterocycles. The molecule has 0 saturated carbocycles. The molecule has 0 N–H and O–H groups in total. The van der Waals surface area contributed by atoms with Crippen LogP contribution in [0.5, 0.6) is 28.7 Å². The summed E-state index contributed by atoms with van der Waals surface area (Å²) in [5, 5.41) is 0.396. The van der Waals surface area contributed by atoms with Crippen LogP contribution < -0.4 is 24.4 Å². The highest BCUT2D eigenvalue weighted by molar-refractivity contribution is 9.10. The van der Waals surface area contributed by atoms with Gasteiger partial charge in [0.1, 0.15) is 29.4 Å². The molecule has 0 saturated heterocycles. The number of hydrogen-bond donors (Lipinski definition) is 0. The molecule has 2 heterocycles. The predicted octanol–water partition coefficient (Wildman–Crippen LogP) is 6.50. The summed E-state index contributed by atoms with van der Waals surface area (Å²) < 4.78 is 35.5. The fourth-order valence-corrected chi connectivity index (χ4v) is 4.47. The van der Waals surface area contributed by atoms with Crippen molar-refractivity contribution < 1.29 is 28.1 Å². The van der Waals surface area contributed by atoms with Gasteiger partial charge >= 0.3 is 0 Å². The lowest BCUT2D eigenvalue weighted by molar-refractivity contribution is -0.0176. The number of para-hydroxylation sites is 2. The fourth-order valence-electron chi connectivity index (χ4n) is 3.92. The average Bonchev–Trinajstić information content (AvgIpc) is 2.86. The largest absolute Gasteiger partial charge is 0.490 e. The van der Waals surface area contributed by atoms with Crippen LogP contribution in [0.15, 0.2) is 68.3 Å². The summed E-state index contributed by atoms with van der Waals surface area (Å²) in [5.74, 6) is 2.84. The molecule has 0 bridgehead atoms. The third-order valence-electron chi connectivity index (χ3n) is 5.49. The molecule has 7 nitrogen and oxygen atoms in total. The molecular formula is C27H23BrO7. The lowest BCUT2D eigenvalue weighted by Gasteiger charge is -2.21. The summed E-state index contributed by atoms with van der Waals surface area (Å²) in [6, 6.07) is 16.3. The third kappa shape index (κ3) is 4.85. The Bertz CT molecular complexity index is 1440. The van der Waals surface area contributed by atoms with Gasteiger partial charge in [-0.05, 0) is 50.2 Å². The van der Waals surface area contributed by atoms with Gasteiger partial charge < -0.3 is 28.1 Å². The van der Waals surface area contributed by atoms with Crippen molar-refractivity contribution in [1.29, 1.82) is 0 Å². The molecule has 35 heavy (non-hydrogen) atoms. The molecule has 0 aliphatic carbocycles. The first kappa shape index (κ1) is 23.3. The molecule has 1 aliphatic rings. The molecule has 0 atom stereocenters. The van der Waals surface area contributed by atoms with Crippen LogP contribution in [0.1, 0.15) is 23.8 Å². The zero-order chi connectivity index (χ0) is 24.4. The number of aryl methyl sites for hydroxylation is 1. The zero-order valence-electron chi connectivity index (χ0n) is 19.3. The summed E-state index contributed by atoms with van der Waals surface area (Å²) in [7, 11) is 0. The van der Waals surface area contributed by atoms with E-state index in [-0.39, 0.29) is 24.6 Å². The van der Waals surface area contributed by atoms with Crippen molar-refractivity contribution in [1.82, 2.24) is 0 Å². The van der Waals surface area contributed by atoms with E-state index in [2.05, 4.69) is 15.9 Å². The van der Waals surface area contributed by atoms with Crippen LogP contribution in [-0.4, -0.2) is 13.4 Å². The van der Waals surface area contributed by atoms with Gasteiger partial charge in [0.05, 0.1) is 18.6 Å². The Morgan fingerprint density at radius 2 is 1.86 bits per heavy atom. The van der Waals surface area contributed by atoms with Gasteiger partial charge in [0, 0.05) is 21.7 Å². The van der Waals surface area contributed by atoms with Crippen LogP contribution in [0.2, 0.25) is 0 Å². The Labute approximate surface area is 210 Å². The molecule has 180 valence electrons. The van der Waals surface area contributed by atoms with E-state index < -0.39 is 0 Å². The van der Waals surface area contributed by atoms with Crippen molar-refractivity contribution in [3.8, 4) is 28.7 Å². The molecule has 1 aliphatic heterocycles. The Balaban J connectivity index is 1.41. The van der Waals surface area contributed by atoms with Crippen molar-refractivity contribution in [2.45, 2.75) is 27.1 Å². The van der Waals surface area contributed by atoms with Gasteiger partial charge in [-0.1, -0.05) is 28.1 Å². The van der Waals surface area contributed by atoms with E-state index in [9.17, 15) is 4.79 Å². The molecule has 0 amide bonds. The zero-order valence-corrected chi connectivity index (χ0v) is 20.8. The number of benzene rings is 3. The minimum atomic E-state index is -0.268. The number of hydrogen-bond acceptors (Lipinski definition) is 7.